The van der Waals surface area contributed by atoms with Gasteiger partial charge in [-0.3, -0.25) is 4.98 Å². The Morgan fingerprint density at radius 1 is 1.17 bits per heavy atom. The van der Waals surface area contributed by atoms with Crippen molar-refractivity contribution in [3.05, 3.63) is 83.1 Å². The Labute approximate surface area is 243 Å². The average molecular weight is 579 g/mol. The molecule has 1 aliphatic carbocycles. The molecule has 9 nitrogen and oxygen atoms in total. The summed E-state index contributed by atoms with van der Waals surface area (Å²) >= 11 is 0. The number of pyridine rings is 1. The van der Waals surface area contributed by atoms with E-state index in [1.165, 1.54) is 19.2 Å². The second-order valence-electron chi connectivity index (χ2n) is 10.9. The van der Waals surface area contributed by atoms with Gasteiger partial charge in [-0.2, -0.15) is 5.10 Å². The third-order valence-electron chi connectivity index (χ3n) is 8.16. The number of methoxy groups -OCH3 is 1. The number of amides is 1. The predicted molar refractivity (Wildman–Crippen MR) is 154 cm³/mol. The van der Waals surface area contributed by atoms with Gasteiger partial charge in [-0.25, -0.2) is 23.1 Å². The summed E-state index contributed by atoms with van der Waals surface area (Å²) in [6.45, 7) is 4.50. The molecule has 1 fully saturated rings. The average Bonchev–Trinajstić information content (AvgIpc) is 3.37. The highest BCUT2D eigenvalue weighted by molar-refractivity contribution is 5.67. The van der Waals surface area contributed by atoms with Crippen molar-refractivity contribution in [2.75, 3.05) is 20.8 Å². The molecule has 3 aromatic heterocycles. The Kier molecular flexibility index (Phi) is 8.79. The minimum Gasteiger partial charge on any atom is -0.453 e. The number of aromatic nitrogens is 4. The van der Waals surface area contributed by atoms with Crippen LogP contribution in [0.2, 0.25) is 0 Å². The predicted octanol–water partition coefficient (Wildman–Crippen LogP) is 5.10. The molecule has 1 amide bonds. The Morgan fingerprint density at radius 2 is 1.93 bits per heavy atom. The fourth-order valence-corrected chi connectivity index (χ4v) is 6.28. The summed E-state index contributed by atoms with van der Waals surface area (Å²) in [5.41, 5.74) is 9.80. The number of hydrogen-bond acceptors (Lipinski definition) is 7. The second kappa shape index (κ2) is 12.5. The Morgan fingerprint density at radius 3 is 2.62 bits per heavy atom. The number of benzene rings is 1. The van der Waals surface area contributed by atoms with Crippen LogP contribution in [0, 0.1) is 17.6 Å². The Bertz CT molecular complexity index is 1540. The third-order valence-corrected chi connectivity index (χ3v) is 8.16. The first-order valence-corrected chi connectivity index (χ1v) is 14.1. The highest BCUT2D eigenvalue weighted by Crippen LogP contribution is 2.39. The molecule has 0 aliphatic heterocycles. The number of carbonyl (C=O) groups excluding carboxylic acids is 1. The van der Waals surface area contributed by atoms with E-state index in [0.29, 0.717) is 36.4 Å². The molecule has 2 N–H and O–H groups in total. The molecule has 4 atom stereocenters. The van der Waals surface area contributed by atoms with Gasteiger partial charge in [0.1, 0.15) is 17.5 Å². The second-order valence-corrected chi connectivity index (χ2v) is 10.9. The first kappa shape index (κ1) is 29.5. The standard InChI is InChI=1S/C31H36F2N6O3/c1-5-42-17-19-11-24(32)29(25(33)12-19)27-7-6-22-16-36-28(39(22)37-27)14-21-15-35-9-8-23(21)20-10-18(2)30(26(34)13-20)38(3)31(40)41-4/h6-9,11-12,15-16,18,20,26,30H,5,10,13-14,17,34H2,1-4H3/t18-,20+,26+,30-/m0/s1. The fraction of sp³-hybridized carbons (Fsp3) is 0.419. The zero-order valence-electron chi connectivity index (χ0n) is 24.3. The quantitative estimate of drug-likeness (QED) is 0.310. The van der Waals surface area contributed by atoms with Gasteiger partial charge in [0.2, 0.25) is 0 Å². The number of nitrogens with two attached hydrogens (primary N) is 1. The van der Waals surface area contributed by atoms with Crippen LogP contribution in [0.5, 0.6) is 0 Å². The van der Waals surface area contributed by atoms with Gasteiger partial charge >= 0.3 is 6.09 Å². The molecule has 42 heavy (non-hydrogen) atoms. The van der Waals surface area contributed by atoms with Gasteiger partial charge in [-0.05, 0) is 78.6 Å². The zero-order valence-corrected chi connectivity index (χ0v) is 24.3. The summed E-state index contributed by atoms with van der Waals surface area (Å²) in [5, 5.41) is 4.59. The summed E-state index contributed by atoms with van der Waals surface area (Å²) in [5.74, 6) is -0.488. The van der Waals surface area contributed by atoms with Crippen molar-refractivity contribution in [1.82, 2.24) is 24.5 Å². The number of imidazole rings is 1. The number of ether oxygens (including phenoxy) is 2. The molecule has 0 spiro atoms. The number of carbonyl (C=O) groups is 1. The molecule has 1 aliphatic rings. The van der Waals surface area contributed by atoms with E-state index in [0.717, 1.165) is 17.5 Å². The maximum Gasteiger partial charge on any atom is 0.409 e. The molecule has 11 heteroatoms. The molecular formula is C31H36F2N6O3. The lowest BCUT2D eigenvalue weighted by Crippen LogP contribution is -2.55. The third kappa shape index (κ3) is 5.84. The smallest absolute Gasteiger partial charge is 0.409 e. The number of hydrogen-bond donors (Lipinski definition) is 1. The van der Waals surface area contributed by atoms with Gasteiger partial charge < -0.3 is 20.1 Å². The minimum absolute atomic E-state index is 0.128. The van der Waals surface area contributed by atoms with Crippen molar-refractivity contribution in [3.8, 4) is 11.3 Å². The lowest BCUT2D eigenvalue weighted by molar-refractivity contribution is 0.0777. The monoisotopic (exact) mass is 578 g/mol. The van der Waals surface area contributed by atoms with Gasteiger partial charge in [0.25, 0.3) is 0 Å². The van der Waals surface area contributed by atoms with E-state index in [-0.39, 0.29) is 41.8 Å². The van der Waals surface area contributed by atoms with E-state index >= 15 is 8.78 Å². The Hall–Kier alpha value is -3.96. The number of likely N-dealkylation sites (N-methyl/N-ethyl adjacent to an activating group) is 1. The zero-order chi connectivity index (χ0) is 30.0. The highest BCUT2D eigenvalue weighted by atomic mass is 19.1. The summed E-state index contributed by atoms with van der Waals surface area (Å²) < 4.78 is 41.9. The summed E-state index contributed by atoms with van der Waals surface area (Å²) in [6.07, 6.45) is 6.81. The van der Waals surface area contributed by atoms with E-state index in [9.17, 15) is 4.79 Å². The number of fused-ring (bicyclic) bond motifs is 1. The van der Waals surface area contributed by atoms with E-state index in [1.807, 2.05) is 19.2 Å². The lowest BCUT2D eigenvalue weighted by Gasteiger charge is -2.43. The van der Waals surface area contributed by atoms with Crippen LogP contribution in [0.3, 0.4) is 0 Å². The van der Waals surface area contributed by atoms with E-state index in [1.54, 1.807) is 41.0 Å². The van der Waals surface area contributed by atoms with Crippen LogP contribution in [0.15, 0.2) is 48.9 Å². The number of nitrogens with zero attached hydrogens (tertiary/aromatic N) is 5. The molecule has 0 saturated heterocycles. The van der Waals surface area contributed by atoms with Crippen molar-refractivity contribution < 1.29 is 23.0 Å². The van der Waals surface area contributed by atoms with Crippen LogP contribution < -0.4 is 5.73 Å². The van der Waals surface area contributed by atoms with Gasteiger partial charge in [0.15, 0.2) is 0 Å². The molecule has 4 aromatic rings. The maximum absolute atomic E-state index is 15.1. The molecule has 0 radical (unpaired) electrons. The van der Waals surface area contributed by atoms with Crippen LogP contribution in [-0.4, -0.2) is 63.4 Å². The summed E-state index contributed by atoms with van der Waals surface area (Å²) in [6, 6.07) is 7.53. The first-order chi connectivity index (χ1) is 20.2. The van der Waals surface area contributed by atoms with Crippen LogP contribution in [0.4, 0.5) is 13.6 Å². The first-order valence-electron chi connectivity index (χ1n) is 14.1. The molecule has 0 bridgehead atoms. The van der Waals surface area contributed by atoms with Crippen LogP contribution >= 0.6 is 0 Å². The molecule has 1 aromatic carbocycles. The van der Waals surface area contributed by atoms with Crippen molar-refractivity contribution >= 4 is 11.6 Å². The Balaban J connectivity index is 1.42. The van der Waals surface area contributed by atoms with Crippen LogP contribution in [-0.2, 0) is 22.5 Å². The number of rotatable bonds is 8. The van der Waals surface area contributed by atoms with E-state index in [4.69, 9.17) is 15.2 Å². The van der Waals surface area contributed by atoms with E-state index < -0.39 is 17.7 Å². The SMILES string of the molecule is CCOCc1cc(F)c(-c2ccc3cnc(Cc4cnccc4[C@H]4C[C@@H](N)[C@@H](N(C)C(=O)OC)[C@@H](C)C4)n3n2)c(F)c1. The van der Waals surface area contributed by atoms with Crippen molar-refractivity contribution in [2.45, 2.75) is 57.7 Å². The summed E-state index contributed by atoms with van der Waals surface area (Å²) in [4.78, 5) is 22.7. The largest absolute Gasteiger partial charge is 0.453 e. The maximum atomic E-state index is 15.1. The topological polar surface area (TPSA) is 108 Å². The van der Waals surface area contributed by atoms with Crippen LogP contribution in [0.25, 0.3) is 16.8 Å². The highest BCUT2D eigenvalue weighted by Gasteiger charge is 2.39. The normalized spacial score (nSPS) is 20.5. The van der Waals surface area contributed by atoms with E-state index in [2.05, 4.69) is 22.0 Å². The van der Waals surface area contributed by atoms with Gasteiger partial charge in [-0.15, -0.1) is 0 Å². The molecule has 5 rings (SSSR count). The van der Waals surface area contributed by atoms with Crippen molar-refractivity contribution in [3.63, 3.8) is 0 Å². The molecule has 0 unspecified atom stereocenters. The minimum atomic E-state index is -0.702. The fourth-order valence-electron chi connectivity index (χ4n) is 6.28. The summed E-state index contributed by atoms with van der Waals surface area (Å²) in [7, 11) is 3.09. The lowest BCUT2D eigenvalue weighted by atomic mass is 9.72. The molecule has 1 saturated carbocycles. The molecule has 222 valence electrons. The van der Waals surface area contributed by atoms with Gasteiger partial charge in [-0.1, -0.05) is 6.92 Å². The van der Waals surface area contributed by atoms with Crippen molar-refractivity contribution in [2.24, 2.45) is 11.7 Å². The van der Waals surface area contributed by atoms with Gasteiger partial charge in [0, 0.05) is 38.5 Å². The van der Waals surface area contributed by atoms with Gasteiger partial charge in [0.05, 0.1) is 42.7 Å². The molecule has 3 heterocycles. The molecular weight excluding hydrogens is 542 g/mol. The number of halogens is 2. The van der Waals surface area contributed by atoms with Crippen LogP contribution in [0.1, 0.15) is 55.1 Å². The van der Waals surface area contributed by atoms with Crippen molar-refractivity contribution in [1.29, 1.82) is 0 Å².